The highest BCUT2D eigenvalue weighted by Crippen LogP contribution is 2.28. The minimum absolute atomic E-state index is 0.0805. The zero-order chi connectivity index (χ0) is 20.3. The summed E-state index contributed by atoms with van der Waals surface area (Å²) in [6, 6.07) is 19.4. The highest BCUT2D eigenvalue weighted by atomic mass is 32.2. The van der Waals surface area contributed by atoms with Gasteiger partial charge in [0.05, 0.1) is 12.0 Å². The van der Waals surface area contributed by atoms with Crippen molar-refractivity contribution >= 4 is 20.8 Å². The molecule has 0 fully saturated rings. The van der Waals surface area contributed by atoms with Crippen molar-refractivity contribution in [3.05, 3.63) is 71.8 Å². The van der Waals surface area contributed by atoms with Crippen LogP contribution in [0.15, 0.2) is 65.6 Å². The Labute approximate surface area is 167 Å². The number of hydrogen-bond acceptors (Lipinski definition) is 4. The van der Waals surface area contributed by atoms with Gasteiger partial charge in [0.15, 0.2) is 0 Å². The molecule has 28 heavy (non-hydrogen) atoms. The van der Waals surface area contributed by atoms with Crippen LogP contribution in [0.2, 0.25) is 0 Å². The van der Waals surface area contributed by atoms with Crippen molar-refractivity contribution in [3.8, 4) is 5.75 Å². The molecule has 1 unspecified atom stereocenters. The van der Waals surface area contributed by atoms with E-state index in [1.807, 2.05) is 30.3 Å². The maximum atomic E-state index is 12.2. The van der Waals surface area contributed by atoms with E-state index in [-0.39, 0.29) is 6.04 Å². The van der Waals surface area contributed by atoms with E-state index in [9.17, 15) is 8.42 Å². The van der Waals surface area contributed by atoms with E-state index in [0.29, 0.717) is 11.4 Å². The van der Waals surface area contributed by atoms with Crippen LogP contribution in [0, 0.1) is 0 Å². The second kappa shape index (κ2) is 8.31. The molecule has 3 aromatic carbocycles. The molecular formula is C22H26N2O3S. The molecule has 0 bridgehead atoms. The molecule has 148 valence electrons. The smallest absolute Gasteiger partial charge is 0.242 e. The molecule has 1 atom stereocenters. The Morgan fingerprint density at radius 1 is 0.964 bits per heavy atom. The SMILES string of the molecule is COc1ccc(CNC(C)c2ccc(S(=O)(=O)N(C)C)cc2)c2ccccc12. The third-order valence-electron chi connectivity index (χ3n) is 4.95. The van der Waals surface area contributed by atoms with Crippen LogP contribution >= 0.6 is 0 Å². The largest absolute Gasteiger partial charge is 0.496 e. The number of fused-ring (bicyclic) bond motifs is 1. The summed E-state index contributed by atoms with van der Waals surface area (Å²) < 4.78 is 31.1. The third kappa shape index (κ3) is 4.04. The molecule has 6 heteroatoms. The summed E-state index contributed by atoms with van der Waals surface area (Å²) in [5, 5.41) is 5.78. The lowest BCUT2D eigenvalue weighted by atomic mass is 10.0. The zero-order valence-electron chi connectivity index (χ0n) is 16.6. The lowest BCUT2D eigenvalue weighted by Crippen LogP contribution is -2.22. The second-order valence-electron chi connectivity index (χ2n) is 6.93. The Morgan fingerprint density at radius 2 is 1.61 bits per heavy atom. The van der Waals surface area contributed by atoms with E-state index in [2.05, 4.69) is 30.4 Å². The van der Waals surface area contributed by atoms with Crippen molar-refractivity contribution in [2.24, 2.45) is 0 Å². The molecule has 1 N–H and O–H groups in total. The van der Waals surface area contributed by atoms with E-state index in [1.165, 1.54) is 24.0 Å². The molecular weight excluding hydrogens is 372 g/mol. The van der Waals surface area contributed by atoms with Gasteiger partial charge in [-0.2, -0.15) is 0 Å². The number of rotatable bonds is 7. The van der Waals surface area contributed by atoms with Crippen LogP contribution in [0.5, 0.6) is 5.75 Å². The highest BCUT2D eigenvalue weighted by Gasteiger charge is 2.17. The van der Waals surface area contributed by atoms with Crippen LogP contribution in [0.4, 0.5) is 0 Å². The summed E-state index contributed by atoms with van der Waals surface area (Å²) in [6.07, 6.45) is 0. The molecule has 0 aliphatic heterocycles. The molecule has 0 aliphatic carbocycles. The maximum absolute atomic E-state index is 12.2. The van der Waals surface area contributed by atoms with Gasteiger partial charge in [0.2, 0.25) is 10.0 Å². The Morgan fingerprint density at radius 3 is 2.21 bits per heavy atom. The Hall–Kier alpha value is -2.41. The Balaban J connectivity index is 1.76. The van der Waals surface area contributed by atoms with Crippen molar-refractivity contribution in [2.75, 3.05) is 21.2 Å². The van der Waals surface area contributed by atoms with Gasteiger partial charge in [-0.15, -0.1) is 0 Å². The molecule has 0 saturated heterocycles. The monoisotopic (exact) mass is 398 g/mol. The summed E-state index contributed by atoms with van der Waals surface area (Å²) in [4.78, 5) is 0.301. The first-order valence-corrected chi connectivity index (χ1v) is 10.6. The molecule has 0 aliphatic rings. The first-order valence-electron chi connectivity index (χ1n) is 9.15. The number of sulfonamides is 1. The summed E-state index contributed by atoms with van der Waals surface area (Å²) in [5.41, 5.74) is 2.23. The normalized spacial score (nSPS) is 13.0. The summed E-state index contributed by atoms with van der Waals surface area (Å²) in [5.74, 6) is 0.866. The van der Waals surface area contributed by atoms with Gasteiger partial charge in [-0.05, 0) is 41.6 Å². The minimum atomic E-state index is -3.40. The average molecular weight is 399 g/mol. The first-order chi connectivity index (χ1) is 13.3. The number of methoxy groups -OCH3 is 1. The van der Waals surface area contributed by atoms with Crippen LogP contribution in [0.3, 0.4) is 0 Å². The second-order valence-corrected chi connectivity index (χ2v) is 9.08. The highest BCUT2D eigenvalue weighted by molar-refractivity contribution is 7.89. The molecule has 0 radical (unpaired) electrons. The summed E-state index contributed by atoms with van der Waals surface area (Å²) in [6.45, 7) is 2.77. The van der Waals surface area contributed by atoms with Crippen LogP contribution in [-0.4, -0.2) is 33.9 Å². The van der Waals surface area contributed by atoms with Crippen LogP contribution in [0.1, 0.15) is 24.1 Å². The van der Waals surface area contributed by atoms with E-state index >= 15 is 0 Å². The van der Waals surface area contributed by atoms with Crippen molar-refractivity contribution in [3.63, 3.8) is 0 Å². The average Bonchev–Trinajstić information content (AvgIpc) is 2.71. The zero-order valence-corrected chi connectivity index (χ0v) is 17.5. The fourth-order valence-electron chi connectivity index (χ4n) is 3.19. The van der Waals surface area contributed by atoms with Gasteiger partial charge in [0.25, 0.3) is 0 Å². The number of nitrogens with zero attached hydrogens (tertiary/aromatic N) is 1. The predicted molar refractivity (Wildman–Crippen MR) is 113 cm³/mol. The number of ether oxygens (including phenoxy) is 1. The van der Waals surface area contributed by atoms with Gasteiger partial charge in [-0.25, -0.2) is 12.7 Å². The molecule has 0 amide bonds. The number of hydrogen-bond donors (Lipinski definition) is 1. The Bertz CT molecular complexity index is 1060. The molecule has 0 heterocycles. The van der Waals surface area contributed by atoms with Crippen molar-refractivity contribution in [1.29, 1.82) is 0 Å². The van der Waals surface area contributed by atoms with Crippen LogP contribution < -0.4 is 10.1 Å². The van der Waals surface area contributed by atoms with Crippen LogP contribution in [0.25, 0.3) is 10.8 Å². The molecule has 0 saturated carbocycles. The van der Waals surface area contributed by atoms with Gasteiger partial charge in [-0.3, -0.25) is 0 Å². The molecule has 0 aromatic heterocycles. The van der Waals surface area contributed by atoms with Crippen LogP contribution in [-0.2, 0) is 16.6 Å². The Kier molecular flexibility index (Phi) is 6.03. The van der Waals surface area contributed by atoms with Gasteiger partial charge in [-0.1, -0.05) is 42.5 Å². The van der Waals surface area contributed by atoms with E-state index in [1.54, 1.807) is 19.2 Å². The van der Waals surface area contributed by atoms with Crippen molar-refractivity contribution < 1.29 is 13.2 Å². The van der Waals surface area contributed by atoms with E-state index < -0.39 is 10.0 Å². The van der Waals surface area contributed by atoms with Crippen molar-refractivity contribution in [1.82, 2.24) is 9.62 Å². The molecule has 3 aromatic rings. The maximum Gasteiger partial charge on any atom is 0.242 e. The fourth-order valence-corrected chi connectivity index (χ4v) is 4.09. The van der Waals surface area contributed by atoms with Gasteiger partial charge < -0.3 is 10.1 Å². The summed E-state index contributed by atoms with van der Waals surface area (Å²) >= 11 is 0. The number of benzene rings is 3. The van der Waals surface area contributed by atoms with Gasteiger partial charge >= 0.3 is 0 Å². The third-order valence-corrected chi connectivity index (χ3v) is 6.78. The standard InChI is InChI=1S/C22H26N2O3S/c1-16(17-9-12-19(13-10-17)28(25,26)24(2)3)23-15-18-11-14-22(27-4)21-8-6-5-7-20(18)21/h5-14,16,23H,15H2,1-4H3. The molecule has 5 nitrogen and oxygen atoms in total. The fraction of sp³-hybridized carbons (Fsp3) is 0.273. The van der Waals surface area contributed by atoms with Gasteiger partial charge in [0, 0.05) is 32.1 Å². The molecule has 3 rings (SSSR count). The number of nitrogens with one attached hydrogen (secondary N) is 1. The van der Waals surface area contributed by atoms with Gasteiger partial charge in [0.1, 0.15) is 5.75 Å². The quantitative estimate of drug-likeness (QED) is 0.655. The lowest BCUT2D eigenvalue weighted by Gasteiger charge is -2.17. The molecule has 0 spiro atoms. The van der Waals surface area contributed by atoms with Crippen molar-refractivity contribution in [2.45, 2.75) is 24.4 Å². The van der Waals surface area contributed by atoms with E-state index in [0.717, 1.165) is 22.1 Å². The summed E-state index contributed by atoms with van der Waals surface area (Å²) in [7, 11) is 1.35. The first kappa shape index (κ1) is 20.3. The van der Waals surface area contributed by atoms with E-state index in [4.69, 9.17) is 4.74 Å². The lowest BCUT2D eigenvalue weighted by molar-refractivity contribution is 0.419. The minimum Gasteiger partial charge on any atom is -0.496 e. The predicted octanol–water partition coefficient (Wildman–Crippen LogP) is 3.95. The topological polar surface area (TPSA) is 58.6 Å².